The van der Waals surface area contributed by atoms with Gasteiger partial charge in [0.2, 0.25) is 0 Å². The molecule has 0 atom stereocenters. The van der Waals surface area contributed by atoms with Gasteiger partial charge in [0.1, 0.15) is 16.5 Å². The van der Waals surface area contributed by atoms with E-state index in [9.17, 15) is 0 Å². The number of fused-ring (bicyclic) bond motifs is 1. The van der Waals surface area contributed by atoms with E-state index in [0.717, 1.165) is 39.9 Å². The molecule has 0 aliphatic rings. The second kappa shape index (κ2) is 10.3. The summed E-state index contributed by atoms with van der Waals surface area (Å²) in [6.45, 7) is 5.75. The molecule has 0 unspecified atom stereocenters. The van der Waals surface area contributed by atoms with Gasteiger partial charge in [-0.15, -0.1) is 0 Å². The fourth-order valence-electron chi connectivity index (χ4n) is 3.89. The minimum atomic E-state index is 0.375. The van der Waals surface area contributed by atoms with Crippen LogP contribution in [0.1, 0.15) is 13.8 Å². The number of aromatic nitrogens is 3. The number of methoxy groups -OCH3 is 2. The molecular formula is C26H30ClN5O2. The summed E-state index contributed by atoms with van der Waals surface area (Å²) in [7, 11) is 5.15. The second-order valence-corrected chi connectivity index (χ2v) is 8.80. The highest BCUT2D eigenvalue weighted by atomic mass is 35.5. The zero-order valence-corrected chi connectivity index (χ0v) is 20.9. The quantitative estimate of drug-likeness (QED) is 0.345. The van der Waals surface area contributed by atoms with Crippen molar-refractivity contribution in [3.63, 3.8) is 0 Å². The number of anilines is 2. The Balaban J connectivity index is 1.80. The summed E-state index contributed by atoms with van der Waals surface area (Å²) in [4.78, 5) is 6.84. The maximum absolute atomic E-state index is 6.79. The third-order valence-electron chi connectivity index (χ3n) is 5.64. The molecule has 34 heavy (non-hydrogen) atoms. The summed E-state index contributed by atoms with van der Waals surface area (Å²) < 4.78 is 12.8. The van der Waals surface area contributed by atoms with E-state index in [2.05, 4.69) is 52.3 Å². The molecule has 0 spiro atoms. The first-order valence-electron chi connectivity index (χ1n) is 11.2. The molecule has 0 radical (unpaired) electrons. The number of ether oxygens (including phenoxy) is 2. The van der Waals surface area contributed by atoms with Crippen LogP contribution in [0.3, 0.4) is 0 Å². The summed E-state index contributed by atoms with van der Waals surface area (Å²) in [5.41, 5.74) is 4.79. The van der Waals surface area contributed by atoms with Crippen LogP contribution >= 0.6 is 11.6 Å². The molecule has 2 heterocycles. The van der Waals surface area contributed by atoms with Crippen molar-refractivity contribution < 1.29 is 9.47 Å². The van der Waals surface area contributed by atoms with Gasteiger partial charge in [0.05, 0.1) is 31.6 Å². The van der Waals surface area contributed by atoms with Crippen molar-refractivity contribution in [1.82, 2.24) is 20.1 Å². The Morgan fingerprint density at radius 1 is 1.06 bits per heavy atom. The monoisotopic (exact) mass is 479 g/mol. The Morgan fingerprint density at radius 3 is 2.56 bits per heavy atom. The van der Waals surface area contributed by atoms with Gasteiger partial charge in [-0.25, -0.2) is 0 Å². The van der Waals surface area contributed by atoms with Crippen molar-refractivity contribution in [3.05, 3.63) is 60.0 Å². The molecule has 2 aromatic heterocycles. The second-order valence-electron chi connectivity index (χ2n) is 8.43. The van der Waals surface area contributed by atoms with E-state index < -0.39 is 0 Å². The molecule has 4 rings (SSSR count). The molecule has 0 saturated heterocycles. The van der Waals surface area contributed by atoms with Crippen LogP contribution in [0, 0.1) is 0 Å². The van der Waals surface area contributed by atoms with E-state index >= 15 is 0 Å². The predicted octanol–water partition coefficient (Wildman–Crippen LogP) is 5.44. The Kier molecular flexibility index (Phi) is 7.24. The zero-order valence-electron chi connectivity index (χ0n) is 20.2. The molecule has 0 aliphatic heterocycles. The van der Waals surface area contributed by atoms with Gasteiger partial charge in [-0.3, -0.25) is 9.67 Å². The van der Waals surface area contributed by atoms with Gasteiger partial charge < -0.3 is 19.7 Å². The van der Waals surface area contributed by atoms with Crippen LogP contribution in [0.15, 0.2) is 55.0 Å². The predicted molar refractivity (Wildman–Crippen MR) is 139 cm³/mol. The average Bonchev–Trinajstić information content (AvgIpc) is 3.27. The van der Waals surface area contributed by atoms with E-state index in [-0.39, 0.29) is 0 Å². The molecule has 0 bridgehead atoms. The summed E-state index contributed by atoms with van der Waals surface area (Å²) in [6.07, 6.45) is 5.71. The molecule has 0 aliphatic carbocycles. The highest BCUT2D eigenvalue weighted by Crippen LogP contribution is 2.41. The van der Waals surface area contributed by atoms with Crippen molar-refractivity contribution in [1.29, 1.82) is 0 Å². The molecule has 7 nitrogen and oxygen atoms in total. The Bertz CT molecular complexity index is 1290. The van der Waals surface area contributed by atoms with Gasteiger partial charge in [0, 0.05) is 72.9 Å². The highest BCUT2D eigenvalue weighted by molar-refractivity contribution is 6.35. The molecule has 2 aromatic carbocycles. The van der Waals surface area contributed by atoms with E-state index in [4.69, 9.17) is 21.1 Å². The first-order valence-corrected chi connectivity index (χ1v) is 11.6. The molecule has 0 fully saturated rings. The number of hydrogen-bond acceptors (Lipinski definition) is 6. The topological polar surface area (TPSA) is 64.4 Å². The fraction of sp³-hybridized carbons (Fsp3) is 0.308. The van der Waals surface area contributed by atoms with Gasteiger partial charge in [-0.2, -0.15) is 5.10 Å². The first-order chi connectivity index (χ1) is 16.4. The number of benzene rings is 2. The van der Waals surface area contributed by atoms with Gasteiger partial charge in [-0.05, 0) is 24.3 Å². The maximum Gasteiger partial charge on any atom is 0.143 e. The van der Waals surface area contributed by atoms with Crippen LogP contribution in [0.2, 0.25) is 5.02 Å². The highest BCUT2D eigenvalue weighted by Gasteiger charge is 2.19. The van der Waals surface area contributed by atoms with E-state index in [0.29, 0.717) is 29.1 Å². The lowest BCUT2D eigenvalue weighted by Crippen LogP contribution is -2.32. The number of nitrogens with one attached hydrogen (secondary N) is 1. The number of aryl methyl sites for hydroxylation is 1. The van der Waals surface area contributed by atoms with Gasteiger partial charge in [0.15, 0.2) is 0 Å². The van der Waals surface area contributed by atoms with Crippen LogP contribution in [0.4, 0.5) is 11.4 Å². The lowest BCUT2D eigenvalue weighted by atomic mass is 10.1. The van der Waals surface area contributed by atoms with Crippen molar-refractivity contribution >= 4 is 33.9 Å². The number of nitrogens with zero attached hydrogens (tertiary/aromatic N) is 4. The minimum absolute atomic E-state index is 0.375. The molecular weight excluding hydrogens is 450 g/mol. The van der Waals surface area contributed by atoms with Gasteiger partial charge in [-0.1, -0.05) is 25.4 Å². The van der Waals surface area contributed by atoms with E-state index in [1.165, 1.54) is 0 Å². The largest absolute Gasteiger partial charge is 0.497 e. The lowest BCUT2D eigenvalue weighted by Gasteiger charge is -2.28. The van der Waals surface area contributed by atoms with Crippen LogP contribution in [-0.4, -0.2) is 48.1 Å². The van der Waals surface area contributed by atoms with Crippen LogP contribution < -0.4 is 19.7 Å². The third kappa shape index (κ3) is 5.11. The SMILES string of the molecule is COc1cc(OC)c(Cl)c(N(CCNC(C)C)c2ccc3ncc(-c4cnn(C)c4)cc3c2)c1. The van der Waals surface area contributed by atoms with E-state index in [1.807, 2.05) is 37.8 Å². The average molecular weight is 480 g/mol. The van der Waals surface area contributed by atoms with Crippen LogP contribution in [0.25, 0.3) is 22.0 Å². The first kappa shape index (κ1) is 23.9. The summed E-state index contributed by atoms with van der Waals surface area (Å²) in [6, 6.07) is 12.5. The zero-order chi connectivity index (χ0) is 24.2. The molecule has 0 saturated carbocycles. The van der Waals surface area contributed by atoms with Crippen LogP contribution in [0.5, 0.6) is 11.5 Å². The van der Waals surface area contributed by atoms with Gasteiger partial charge in [0.25, 0.3) is 0 Å². The Morgan fingerprint density at radius 2 is 1.88 bits per heavy atom. The van der Waals surface area contributed by atoms with Crippen molar-refractivity contribution in [2.24, 2.45) is 7.05 Å². The summed E-state index contributed by atoms with van der Waals surface area (Å²) in [5.74, 6) is 1.25. The lowest BCUT2D eigenvalue weighted by molar-refractivity contribution is 0.394. The Labute approximate surface area is 205 Å². The summed E-state index contributed by atoms with van der Waals surface area (Å²) in [5, 5.41) is 9.35. The Hall–Kier alpha value is -3.29. The van der Waals surface area contributed by atoms with Crippen molar-refractivity contribution in [2.45, 2.75) is 19.9 Å². The molecule has 178 valence electrons. The van der Waals surface area contributed by atoms with Crippen LogP contribution in [-0.2, 0) is 7.05 Å². The third-order valence-corrected chi connectivity index (χ3v) is 6.02. The maximum atomic E-state index is 6.79. The number of pyridine rings is 1. The molecule has 0 amide bonds. The summed E-state index contributed by atoms with van der Waals surface area (Å²) >= 11 is 6.79. The van der Waals surface area contributed by atoms with Crippen molar-refractivity contribution in [2.75, 3.05) is 32.2 Å². The smallest absolute Gasteiger partial charge is 0.143 e. The van der Waals surface area contributed by atoms with E-state index in [1.54, 1.807) is 25.0 Å². The molecule has 1 N–H and O–H groups in total. The number of rotatable bonds is 9. The van der Waals surface area contributed by atoms with Gasteiger partial charge >= 0.3 is 0 Å². The fourth-order valence-corrected chi connectivity index (χ4v) is 4.18. The molecule has 4 aromatic rings. The number of hydrogen-bond donors (Lipinski definition) is 1. The normalized spacial score (nSPS) is 11.3. The molecule has 8 heteroatoms. The van der Waals surface area contributed by atoms with Crippen molar-refractivity contribution in [3.8, 4) is 22.6 Å². The standard InChI is InChI=1S/C26H30ClN5O2/c1-17(2)28-8-9-32(24-12-22(33-4)13-25(34-5)26(24)27)21-6-7-23-18(11-21)10-19(14-29-23)20-15-30-31(3)16-20/h6-7,10-17,28H,8-9H2,1-5H3. The minimum Gasteiger partial charge on any atom is -0.497 e. The number of halogens is 1.